The summed E-state index contributed by atoms with van der Waals surface area (Å²) >= 11 is 0. The number of halogens is 1. The van der Waals surface area contributed by atoms with E-state index in [1.807, 2.05) is 13.0 Å². The molecule has 0 spiro atoms. The van der Waals surface area contributed by atoms with Crippen LogP contribution in [-0.2, 0) is 0 Å². The normalized spacial score (nSPS) is 14.7. The quantitative estimate of drug-likeness (QED) is 0.802. The van der Waals surface area contributed by atoms with Crippen LogP contribution in [0.4, 0.5) is 10.1 Å². The molecule has 0 aromatic heterocycles. The first kappa shape index (κ1) is 12.0. The Morgan fingerprint density at radius 3 is 2.73 bits per heavy atom. The van der Waals surface area contributed by atoms with Gasteiger partial charge in [0, 0.05) is 17.8 Å². The van der Waals surface area contributed by atoms with Crippen LogP contribution in [0, 0.1) is 12.7 Å². The van der Waals surface area contributed by atoms with E-state index < -0.39 is 5.60 Å². The first-order valence-corrected chi connectivity index (χ1v) is 5.17. The van der Waals surface area contributed by atoms with Crippen molar-refractivity contribution >= 4 is 5.69 Å². The Bertz CT molecular complexity index is 336. The molecule has 0 amide bonds. The summed E-state index contributed by atoms with van der Waals surface area (Å²) < 4.78 is 13.2. The van der Waals surface area contributed by atoms with Crippen molar-refractivity contribution in [2.24, 2.45) is 0 Å². The second kappa shape index (κ2) is 4.62. The van der Waals surface area contributed by atoms with E-state index in [9.17, 15) is 9.50 Å². The number of benzene rings is 1. The average molecular weight is 211 g/mol. The number of aliphatic hydroxyl groups is 1. The van der Waals surface area contributed by atoms with Crippen LogP contribution in [-0.4, -0.2) is 17.3 Å². The molecule has 3 heteroatoms. The van der Waals surface area contributed by atoms with E-state index in [-0.39, 0.29) is 5.82 Å². The van der Waals surface area contributed by atoms with Gasteiger partial charge in [0.15, 0.2) is 0 Å². The van der Waals surface area contributed by atoms with Gasteiger partial charge in [0.25, 0.3) is 0 Å². The van der Waals surface area contributed by atoms with Crippen molar-refractivity contribution in [1.29, 1.82) is 0 Å². The lowest BCUT2D eigenvalue weighted by Gasteiger charge is -2.23. The topological polar surface area (TPSA) is 32.3 Å². The van der Waals surface area contributed by atoms with Gasteiger partial charge in [-0.15, -0.1) is 0 Å². The van der Waals surface area contributed by atoms with Crippen molar-refractivity contribution < 1.29 is 9.50 Å². The highest BCUT2D eigenvalue weighted by molar-refractivity contribution is 5.51. The maximum Gasteiger partial charge on any atom is 0.128 e. The Kier molecular flexibility index (Phi) is 3.69. The molecular formula is C12H18FNO. The van der Waals surface area contributed by atoms with E-state index in [0.717, 1.165) is 5.69 Å². The Hall–Kier alpha value is -1.09. The molecule has 0 heterocycles. The minimum atomic E-state index is -0.751. The second-order valence-corrected chi connectivity index (χ2v) is 4.12. The zero-order chi connectivity index (χ0) is 11.5. The molecule has 15 heavy (non-hydrogen) atoms. The zero-order valence-electron chi connectivity index (χ0n) is 9.47. The third-order valence-corrected chi connectivity index (χ3v) is 2.69. The Morgan fingerprint density at radius 1 is 1.47 bits per heavy atom. The van der Waals surface area contributed by atoms with Crippen molar-refractivity contribution in [2.45, 2.75) is 32.8 Å². The molecule has 1 aromatic rings. The number of nitrogens with one attached hydrogen (secondary N) is 1. The first-order chi connectivity index (χ1) is 6.96. The lowest BCUT2D eigenvalue weighted by Crippen LogP contribution is -2.32. The molecule has 1 atom stereocenters. The van der Waals surface area contributed by atoms with Gasteiger partial charge in [-0.2, -0.15) is 0 Å². The fourth-order valence-corrected chi connectivity index (χ4v) is 1.21. The van der Waals surface area contributed by atoms with Gasteiger partial charge in [-0.1, -0.05) is 13.0 Å². The average Bonchev–Trinajstić information content (AvgIpc) is 2.20. The molecule has 2 nitrogen and oxygen atoms in total. The van der Waals surface area contributed by atoms with Crippen molar-refractivity contribution in [3.8, 4) is 0 Å². The summed E-state index contributed by atoms with van der Waals surface area (Å²) in [6.07, 6.45) is 0.661. The molecule has 0 saturated carbocycles. The van der Waals surface area contributed by atoms with E-state index in [1.165, 1.54) is 6.07 Å². The van der Waals surface area contributed by atoms with Crippen molar-refractivity contribution in [1.82, 2.24) is 0 Å². The summed E-state index contributed by atoms with van der Waals surface area (Å²) in [5, 5.41) is 12.8. The van der Waals surface area contributed by atoms with E-state index in [2.05, 4.69) is 5.32 Å². The van der Waals surface area contributed by atoms with Crippen LogP contribution >= 0.6 is 0 Å². The summed E-state index contributed by atoms with van der Waals surface area (Å²) in [7, 11) is 0. The van der Waals surface area contributed by atoms with Crippen LogP contribution < -0.4 is 5.32 Å². The summed E-state index contributed by atoms with van der Waals surface area (Å²) in [6, 6.07) is 4.90. The van der Waals surface area contributed by atoms with E-state index >= 15 is 0 Å². The highest BCUT2D eigenvalue weighted by Gasteiger charge is 2.17. The molecule has 0 fully saturated rings. The van der Waals surface area contributed by atoms with Gasteiger partial charge >= 0.3 is 0 Å². The van der Waals surface area contributed by atoms with Crippen LogP contribution in [0.15, 0.2) is 18.2 Å². The molecular weight excluding hydrogens is 193 g/mol. The molecule has 1 aromatic carbocycles. The van der Waals surface area contributed by atoms with E-state index in [4.69, 9.17) is 0 Å². The van der Waals surface area contributed by atoms with Crippen LogP contribution in [0.2, 0.25) is 0 Å². The van der Waals surface area contributed by atoms with Gasteiger partial charge in [0.2, 0.25) is 0 Å². The molecule has 2 N–H and O–H groups in total. The Morgan fingerprint density at radius 2 is 2.13 bits per heavy atom. The highest BCUT2D eigenvalue weighted by atomic mass is 19.1. The SMILES string of the molecule is CCC(C)(O)CNc1cccc(F)c1C. The number of anilines is 1. The second-order valence-electron chi connectivity index (χ2n) is 4.12. The fourth-order valence-electron chi connectivity index (χ4n) is 1.21. The summed E-state index contributed by atoms with van der Waals surface area (Å²) in [6.45, 7) is 5.82. The number of hydrogen-bond acceptors (Lipinski definition) is 2. The number of rotatable bonds is 4. The lowest BCUT2D eigenvalue weighted by atomic mass is 10.0. The Labute approximate surface area is 90.1 Å². The van der Waals surface area contributed by atoms with Crippen LogP contribution in [0.5, 0.6) is 0 Å². The predicted molar refractivity (Wildman–Crippen MR) is 60.5 cm³/mol. The monoisotopic (exact) mass is 211 g/mol. The minimum Gasteiger partial charge on any atom is -0.388 e. The molecule has 0 saturated heterocycles. The van der Waals surface area contributed by atoms with Crippen LogP contribution in [0.25, 0.3) is 0 Å². The molecule has 1 rings (SSSR count). The smallest absolute Gasteiger partial charge is 0.128 e. The Balaban J connectivity index is 2.70. The molecule has 1 unspecified atom stereocenters. The van der Waals surface area contributed by atoms with Gasteiger partial charge in [0.1, 0.15) is 5.82 Å². The largest absolute Gasteiger partial charge is 0.388 e. The standard InChI is InChI=1S/C12H18FNO/c1-4-12(3,15)8-14-11-7-5-6-10(13)9(11)2/h5-7,14-15H,4,8H2,1-3H3. The van der Waals surface area contributed by atoms with Gasteiger partial charge in [0.05, 0.1) is 5.60 Å². The summed E-state index contributed by atoms with van der Waals surface area (Å²) in [5.41, 5.74) is 0.576. The van der Waals surface area contributed by atoms with Crippen LogP contribution in [0.1, 0.15) is 25.8 Å². The third kappa shape index (κ3) is 3.20. The summed E-state index contributed by atoms with van der Waals surface area (Å²) in [5.74, 6) is -0.226. The van der Waals surface area contributed by atoms with Crippen molar-refractivity contribution in [3.63, 3.8) is 0 Å². The fraction of sp³-hybridized carbons (Fsp3) is 0.500. The molecule has 0 radical (unpaired) electrons. The summed E-state index contributed by atoms with van der Waals surface area (Å²) in [4.78, 5) is 0. The molecule has 0 aliphatic heterocycles. The zero-order valence-corrected chi connectivity index (χ0v) is 9.47. The molecule has 84 valence electrons. The molecule has 0 aliphatic rings. The van der Waals surface area contributed by atoms with Gasteiger partial charge in [-0.3, -0.25) is 0 Å². The van der Waals surface area contributed by atoms with Gasteiger partial charge in [-0.25, -0.2) is 4.39 Å². The van der Waals surface area contributed by atoms with E-state index in [1.54, 1.807) is 19.9 Å². The van der Waals surface area contributed by atoms with E-state index in [0.29, 0.717) is 18.5 Å². The first-order valence-electron chi connectivity index (χ1n) is 5.17. The third-order valence-electron chi connectivity index (χ3n) is 2.69. The number of hydrogen-bond donors (Lipinski definition) is 2. The van der Waals surface area contributed by atoms with Crippen molar-refractivity contribution in [2.75, 3.05) is 11.9 Å². The van der Waals surface area contributed by atoms with Gasteiger partial charge in [-0.05, 0) is 32.4 Å². The van der Waals surface area contributed by atoms with Crippen molar-refractivity contribution in [3.05, 3.63) is 29.6 Å². The maximum atomic E-state index is 13.2. The van der Waals surface area contributed by atoms with Gasteiger partial charge < -0.3 is 10.4 Å². The predicted octanol–water partition coefficient (Wildman–Crippen LogP) is 2.71. The maximum absolute atomic E-state index is 13.2. The minimum absolute atomic E-state index is 0.226. The highest BCUT2D eigenvalue weighted by Crippen LogP contribution is 2.19. The lowest BCUT2D eigenvalue weighted by molar-refractivity contribution is 0.0697. The molecule has 0 aliphatic carbocycles. The van der Waals surface area contributed by atoms with Crippen LogP contribution in [0.3, 0.4) is 0 Å². The molecule has 0 bridgehead atoms.